The molecule has 1 aliphatic heterocycles. The third-order valence-electron chi connectivity index (χ3n) is 2.57. The maximum atomic E-state index is 9.03. The van der Waals surface area contributed by atoms with Crippen molar-refractivity contribution in [3.05, 3.63) is 0 Å². The van der Waals surface area contributed by atoms with E-state index in [9.17, 15) is 0 Å². The highest BCUT2D eigenvalue weighted by atomic mass is 16.3. The lowest BCUT2D eigenvalue weighted by atomic mass is 10.2. The number of likely N-dealkylation sites (tertiary alicyclic amines) is 1. The number of hydrogen-bond donors (Lipinski definition) is 1. The highest BCUT2D eigenvalue weighted by molar-refractivity contribution is 4.95. The van der Waals surface area contributed by atoms with Crippen LogP contribution in [0.1, 0.15) is 26.2 Å². The fraction of sp³-hybridized carbons (Fsp3) is 0.889. The van der Waals surface area contributed by atoms with Gasteiger partial charge in [-0.2, -0.15) is 5.26 Å². The molecule has 0 aromatic rings. The van der Waals surface area contributed by atoms with E-state index in [1.54, 1.807) is 0 Å². The molecule has 2 atom stereocenters. The van der Waals surface area contributed by atoms with Gasteiger partial charge >= 0.3 is 0 Å². The van der Waals surface area contributed by atoms with Crippen molar-refractivity contribution in [1.82, 2.24) is 4.90 Å². The predicted octanol–water partition coefficient (Wildman–Crippen LogP) is 0.745. The van der Waals surface area contributed by atoms with Crippen LogP contribution in [-0.4, -0.2) is 35.2 Å². The fourth-order valence-corrected chi connectivity index (χ4v) is 1.86. The minimum atomic E-state index is 0.00431. The lowest BCUT2D eigenvalue weighted by Crippen LogP contribution is -2.39. The summed E-state index contributed by atoms with van der Waals surface area (Å²) in [5.41, 5.74) is 0. The molecule has 1 N–H and O–H groups in total. The largest absolute Gasteiger partial charge is 0.395 e. The van der Waals surface area contributed by atoms with Crippen molar-refractivity contribution >= 4 is 0 Å². The molecule has 0 bridgehead atoms. The Hall–Kier alpha value is -0.590. The normalized spacial score (nSPS) is 26.9. The minimum Gasteiger partial charge on any atom is -0.395 e. The van der Waals surface area contributed by atoms with Crippen molar-refractivity contribution in [3.63, 3.8) is 0 Å². The summed E-state index contributed by atoms with van der Waals surface area (Å²) in [5, 5.41) is 17.9. The predicted molar refractivity (Wildman–Crippen MR) is 46.5 cm³/mol. The van der Waals surface area contributed by atoms with Gasteiger partial charge in [-0.25, -0.2) is 0 Å². The van der Waals surface area contributed by atoms with Gasteiger partial charge in [0.2, 0.25) is 0 Å². The van der Waals surface area contributed by atoms with Gasteiger partial charge in [-0.1, -0.05) is 6.92 Å². The van der Waals surface area contributed by atoms with Gasteiger partial charge in [-0.3, -0.25) is 4.90 Å². The maximum absolute atomic E-state index is 9.03. The van der Waals surface area contributed by atoms with E-state index in [4.69, 9.17) is 10.4 Å². The van der Waals surface area contributed by atoms with Crippen LogP contribution in [0.5, 0.6) is 0 Å². The summed E-state index contributed by atoms with van der Waals surface area (Å²) in [5.74, 6) is 0. The molecule has 68 valence electrons. The van der Waals surface area contributed by atoms with E-state index in [1.807, 2.05) is 6.92 Å². The van der Waals surface area contributed by atoms with E-state index < -0.39 is 0 Å². The number of aliphatic hydroxyl groups is 1. The number of aliphatic hydroxyl groups excluding tert-OH is 1. The Kier molecular flexibility index (Phi) is 3.51. The minimum absolute atomic E-state index is 0.00431. The third kappa shape index (κ3) is 1.77. The summed E-state index contributed by atoms with van der Waals surface area (Å²) in [6.45, 7) is 3.18. The highest BCUT2D eigenvalue weighted by Crippen LogP contribution is 2.20. The molecule has 0 amide bonds. The molecule has 0 radical (unpaired) electrons. The Morgan fingerprint density at radius 2 is 2.50 bits per heavy atom. The zero-order chi connectivity index (χ0) is 8.97. The SMILES string of the molecule is CCC(C#N)N1CCC[C@@H]1CO. The Morgan fingerprint density at radius 1 is 1.75 bits per heavy atom. The molecule has 3 nitrogen and oxygen atoms in total. The average Bonchev–Trinajstić information content (AvgIpc) is 2.55. The van der Waals surface area contributed by atoms with Crippen LogP contribution in [0.25, 0.3) is 0 Å². The second kappa shape index (κ2) is 4.44. The van der Waals surface area contributed by atoms with Crippen molar-refractivity contribution in [3.8, 4) is 6.07 Å². The first-order valence-electron chi connectivity index (χ1n) is 4.59. The van der Waals surface area contributed by atoms with Gasteiger partial charge in [0.1, 0.15) is 0 Å². The third-order valence-corrected chi connectivity index (χ3v) is 2.57. The quantitative estimate of drug-likeness (QED) is 0.676. The van der Waals surface area contributed by atoms with E-state index in [2.05, 4.69) is 11.0 Å². The van der Waals surface area contributed by atoms with E-state index in [-0.39, 0.29) is 18.7 Å². The molecule has 0 saturated carbocycles. The first kappa shape index (κ1) is 9.50. The smallest absolute Gasteiger partial charge is 0.0978 e. The number of hydrogen-bond acceptors (Lipinski definition) is 3. The van der Waals surface area contributed by atoms with Crippen molar-refractivity contribution in [2.45, 2.75) is 38.3 Å². The molecule has 0 aromatic heterocycles. The fourth-order valence-electron chi connectivity index (χ4n) is 1.86. The summed E-state index contributed by atoms with van der Waals surface area (Å²) < 4.78 is 0. The van der Waals surface area contributed by atoms with E-state index in [0.717, 1.165) is 25.8 Å². The van der Waals surface area contributed by atoms with E-state index in [0.29, 0.717) is 0 Å². The first-order valence-corrected chi connectivity index (χ1v) is 4.59. The van der Waals surface area contributed by atoms with Crippen LogP contribution in [0.2, 0.25) is 0 Å². The van der Waals surface area contributed by atoms with Crippen LogP contribution in [0.15, 0.2) is 0 Å². The molecule has 0 aliphatic carbocycles. The zero-order valence-corrected chi connectivity index (χ0v) is 7.53. The second-order valence-corrected chi connectivity index (χ2v) is 3.27. The Balaban J connectivity index is 2.54. The topological polar surface area (TPSA) is 47.3 Å². The summed E-state index contributed by atoms with van der Waals surface area (Å²) >= 11 is 0. The van der Waals surface area contributed by atoms with Gasteiger partial charge in [0.15, 0.2) is 0 Å². The van der Waals surface area contributed by atoms with Gasteiger partial charge in [0.25, 0.3) is 0 Å². The molecule has 12 heavy (non-hydrogen) atoms. The van der Waals surface area contributed by atoms with E-state index in [1.165, 1.54) is 0 Å². The van der Waals surface area contributed by atoms with Crippen LogP contribution in [0.4, 0.5) is 0 Å². The molecule has 1 saturated heterocycles. The van der Waals surface area contributed by atoms with Crippen LogP contribution in [0.3, 0.4) is 0 Å². The van der Waals surface area contributed by atoms with Crippen LogP contribution >= 0.6 is 0 Å². The molecule has 0 spiro atoms. The Morgan fingerprint density at radius 3 is 3.00 bits per heavy atom. The first-order chi connectivity index (χ1) is 5.83. The monoisotopic (exact) mass is 168 g/mol. The van der Waals surface area contributed by atoms with Gasteiger partial charge in [-0.05, 0) is 25.8 Å². The summed E-state index contributed by atoms with van der Waals surface area (Å²) in [4.78, 5) is 2.12. The zero-order valence-electron chi connectivity index (χ0n) is 7.53. The molecular formula is C9H16N2O. The van der Waals surface area contributed by atoms with E-state index >= 15 is 0 Å². The lowest BCUT2D eigenvalue weighted by Gasteiger charge is -2.26. The lowest BCUT2D eigenvalue weighted by molar-refractivity contribution is 0.137. The van der Waals surface area contributed by atoms with Crippen LogP contribution in [0, 0.1) is 11.3 Å². The van der Waals surface area contributed by atoms with Gasteiger partial charge in [0.05, 0.1) is 18.7 Å². The molecular weight excluding hydrogens is 152 g/mol. The molecule has 1 rings (SSSR count). The number of nitriles is 1. The van der Waals surface area contributed by atoms with Gasteiger partial charge in [-0.15, -0.1) is 0 Å². The van der Waals surface area contributed by atoms with Crippen LogP contribution in [-0.2, 0) is 0 Å². The Bertz CT molecular complexity index is 176. The average molecular weight is 168 g/mol. The molecule has 0 aromatic carbocycles. The summed E-state index contributed by atoms with van der Waals surface area (Å²) in [6.07, 6.45) is 3.01. The molecule has 1 heterocycles. The molecule has 1 fully saturated rings. The second-order valence-electron chi connectivity index (χ2n) is 3.27. The summed E-state index contributed by atoms with van der Waals surface area (Å²) in [7, 11) is 0. The number of nitrogens with zero attached hydrogens (tertiary/aromatic N) is 2. The van der Waals surface area contributed by atoms with Crippen molar-refractivity contribution < 1.29 is 5.11 Å². The molecule has 1 aliphatic rings. The maximum Gasteiger partial charge on any atom is 0.0978 e. The molecule has 1 unspecified atom stereocenters. The van der Waals surface area contributed by atoms with Crippen molar-refractivity contribution in [2.75, 3.05) is 13.2 Å². The summed E-state index contributed by atoms with van der Waals surface area (Å²) in [6, 6.07) is 2.51. The molecule has 3 heteroatoms. The Labute approximate surface area is 73.6 Å². The van der Waals surface area contributed by atoms with Gasteiger partial charge < -0.3 is 5.11 Å². The van der Waals surface area contributed by atoms with Gasteiger partial charge in [0, 0.05) is 6.04 Å². The standard InChI is InChI=1S/C9H16N2O/c1-2-8(6-10)11-5-3-4-9(11)7-12/h8-9,12H,2-5,7H2,1H3/t8?,9-/m1/s1. The van der Waals surface area contributed by atoms with Crippen molar-refractivity contribution in [1.29, 1.82) is 5.26 Å². The van der Waals surface area contributed by atoms with Crippen molar-refractivity contribution in [2.24, 2.45) is 0 Å². The number of rotatable bonds is 3. The van der Waals surface area contributed by atoms with Crippen LogP contribution < -0.4 is 0 Å². The highest BCUT2D eigenvalue weighted by Gasteiger charge is 2.28.